The zero-order chi connectivity index (χ0) is 16.2. The summed E-state index contributed by atoms with van der Waals surface area (Å²) in [7, 11) is 5.08. The summed E-state index contributed by atoms with van der Waals surface area (Å²) in [5.41, 5.74) is 4.07. The van der Waals surface area contributed by atoms with E-state index in [-0.39, 0.29) is 0 Å². The van der Waals surface area contributed by atoms with Crippen molar-refractivity contribution in [3.63, 3.8) is 0 Å². The zero-order valence-corrected chi connectivity index (χ0v) is 14.0. The van der Waals surface area contributed by atoms with Gasteiger partial charge in [-0.2, -0.15) is 0 Å². The topological polar surface area (TPSA) is 32.1 Å². The Hall–Kier alpha value is -2.20. The second kappa shape index (κ2) is 6.92. The summed E-state index contributed by atoms with van der Waals surface area (Å²) in [4.78, 5) is 1.56. The van der Waals surface area contributed by atoms with Crippen LogP contribution in [0, 0.1) is 0 Å². The smallest absolute Gasteiger partial charge is 0.161 e. The van der Waals surface area contributed by atoms with Gasteiger partial charge in [-0.15, -0.1) is 0 Å². The van der Waals surface area contributed by atoms with Crippen LogP contribution in [0.1, 0.15) is 16.7 Å². The number of fused-ring (bicyclic) bond motifs is 1. The van der Waals surface area contributed by atoms with Gasteiger partial charge in [-0.1, -0.05) is 0 Å². The second-order valence-electron chi connectivity index (χ2n) is 5.93. The first-order chi connectivity index (χ1) is 11.2. The van der Waals surface area contributed by atoms with E-state index in [9.17, 15) is 0 Å². The fourth-order valence-corrected chi connectivity index (χ4v) is 3.21. The Morgan fingerprint density at radius 3 is 2.13 bits per heavy atom. The number of ether oxygens (including phenoxy) is 3. The van der Waals surface area contributed by atoms with Crippen molar-refractivity contribution in [2.24, 2.45) is 0 Å². The zero-order valence-electron chi connectivity index (χ0n) is 14.0. The fraction of sp³-hybridized carbons (Fsp3) is 0.368. The SMILES string of the molecule is COc1ccc(C[NH+]2CCc3cc(OC)c(OC)cc3C2)cc1. The molecule has 0 aromatic heterocycles. The molecular formula is C19H24NO3+. The Balaban J connectivity index is 1.74. The number of hydrogen-bond acceptors (Lipinski definition) is 3. The van der Waals surface area contributed by atoms with Crippen LogP contribution in [0.25, 0.3) is 0 Å². The highest BCUT2D eigenvalue weighted by Gasteiger charge is 2.22. The van der Waals surface area contributed by atoms with Gasteiger partial charge in [0.25, 0.3) is 0 Å². The minimum atomic E-state index is 0.817. The first kappa shape index (κ1) is 15.7. The summed E-state index contributed by atoms with van der Waals surface area (Å²) in [6.07, 6.45) is 1.07. The molecule has 1 unspecified atom stereocenters. The molecule has 1 aliphatic heterocycles. The maximum Gasteiger partial charge on any atom is 0.161 e. The van der Waals surface area contributed by atoms with E-state index in [1.165, 1.54) is 16.7 Å². The molecule has 0 fully saturated rings. The third-order valence-electron chi connectivity index (χ3n) is 4.51. The molecule has 0 amide bonds. The van der Waals surface area contributed by atoms with Crippen LogP contribution in [0.2, 0.25) is 0 Å². The van der Waals surface area contributed by atoms with E-state index in [0.29, 0.717) is 0 Å². The first-order valence-electron chi connectivity index (χ1n) is 7.93. The molecule has 2 aromatic carbocycles. The summed E-state index contributed by atoms with van der Waals surface area (Å²) >= 11 is 0. The third-order valence-corrected chi connectivity index (χ3v) is 4.51. The number of nitrogens with one attached hydrogen (secondary N) is 1. The number of hydrogen-bond donors (Lipinski definition) is 1. The van der Waals surface area contributed by atoms with Crippen molar-refractivity contribution in [1.29, 1.82) is 0 Å². The largest absolute Gasteiger partial charge is 0.497 e. The molecule has 1 atom stereocenters. The van der Waals surface area contributed by atoms with Gasteiger partial charge in [0.15, 0.2) is 11.5 Å². The summed E-state index contributed by atoms with van der Waals surface area (Å²) in [5.74, 6) is 2.55. The van der Waals surface area contributed by atoms with Crippen LogP contribution >= 0.6 is 0 Å². The van der Waals surface area contributed by atoms with Crippen LogP contribution in [0.5, 0.6) is 17.2 Å². The molecule has 122 valence electrons. The summed E-state index contributed by atoms with van der Waals surface area (Å²) in [6.45, 7) is 3.17. The lowest BCUT2D eigenvalue weighted by Crippen LogP contribution is -3.10. The number of rotatable bonds is 5. The molecule has 4 nitrogen and oxygen atoms in total. The van der Waals surface area contributed by atoms with Crippen molar-refractivity contribution in [1.82, 2.24) is 0 Å². The molecule has 0 spiro atoms. The molecule has 0 radical (unpaired) electrons. The van der Waals surface area contributed by atoms with Crippen LogP contribution in [-0.2, 0) is 19.5 Å². The van der Waals surface area contributed by atoms with Gasteiger partial charge in [0.05, 0.1) is 27.9 Å². The van der Waals surface area contributed by atoms with Crippen LogP contribution in [0.3, 0.4) is 0 Å². The van der Waals surface area contributed by atoms with Gasteiger partial charge in [-0.3, -0.25) is 0 Å². The van der Waals surface area contributed by atoms with Crippen LogP contribution in [0.15, 0.2) is 36.4 Å². The first-order valence-corrected chi connectivity index (χ1v) is 7.93. The predicted molar refractivity (Wildman–Crippen MR) is 89.5 cm³/mol. The lowest BCUT2D eigenvalue weighted by Gasteiger charge is -2.27. The quantitative estimate of drug-likeness (QED) is 0.914. The van der Waals surface area contributed by atoms with Crippen molar-refractivity contribution < 1.29 is 19.1 Å². The molecule has 1 heterocycles. The Morgan fingerprint density at radius 1 is 0.870 bits per heavy atom. The van der Waals surface area contributed by atoms with Crippen molar-refractivity contribution in [2.75, 3.05) is 27.9 Å². The van der Waals surface area contributed by atoms with Crippen molar-refractivity contribution in [3.8, 4) is 17.2 Å². The third kappa shape index (κ3) is 3.42. The maximum absolute atomic E-state index is 5.43. The van der Waals surface area contributed by atoms with Crippen molar-refractivity contribution in [3.05, 3.63) is 53.1 Å². The minimum Gasteiger partial charge on any atom is -0.497 e. The van der Waals surface area contributed by atoms with Gasteiger partial charge in [-0.25, -0.2) is 0 Å². The monoisotopic (exact) mass is 314 g/mol. The average molecular weight is 314 g/mol. The van der Waals surface area contributed by atoms with Crippen LogP contribution in [0.4, 0.5) is 0 Å². The van der Waals surface area contributed by atoms with E-state index in [1.807, 2.05) is 12.1 Å². The van der Waals surface area contributed by atoms with Gasteiger partial charge < -0.3 is 19.1 Å². The summed E-state index contributed by atoms with van der Waals surface area (Å²) in [6, 6.07) is 12.6. The standard InChI is InChI=1S/C19H23NO3/c1-21-17-6-4-14(5-7-17)12-20-9-8-15-10-18(22-2)19(23-3)11-16(15)13-20/h4-7,10-11H,8-9,12-13H2,1-3H3/p+1. The van der Waals surface area contributed by atoms with E-state index in [2.05, 4.69) is 24.3 Å². The molecule has 0 bridgehead atoms. The highest BCUT2D eigenvalue weighted by atomic mass is 16.5. The molecule has 1 aliphatic rings. The molecular weight excluding hydrogens is 290 g/mol. The van der Waals surface area contributed by atoms with Crippen molar-refractivity contribution >= 4 is 0 Å². The molecule has 2 aromatic rings. The van der Waals surface area contributed by atoms with Gasteiger partial charge >= 0.3 is 0 Å². The van der Waals surface area contributed by atoms with Gasteiger partial charge in [0, 0.05) is 17.5 Å². The Labute approximate surface area is 137 Å². The summed E-state index contributed by atoms with van der Waals surface area (Å²) in [5, 5.41) is 0. The van der Waals surface area contributed by atoms with Gasteiger partial charge in [0.2, 0.25) is 0 Å². The summed E-state index contributed by atoms with van der Waals surface area (Å²) < 4.78 is 16.1. The number of methoxy groups -OCH3 is 3. The number of benzene rings is 2. The van der Waals surface area contributed by atoms with Crippen molar-refractivity contribution in [2.45, 2.75) is 19.5 Å². The Kier molecular flexibility index (Phi) is 4.72. The van der Waals surface area contributed by atoms with E-state index in [4.69, 9.17) is 14.2 Å². The van der Waals surface area contributed by atoms with Gasteiger partial charge in [-0.05, 0) is 42.0 Å². The van der Waals surface area contributed by atoms with E-state index in [0.717, 1.165) is 43.3 Å². The van der Waals surface area contributed by atoms with E-state index >= 15 is 0 Å². The molecule has 0 saturated heterocycles. The van der Waals surface area contributed by atoms with Crippen LogP contribution in [-0.4, -0.2) is 27.9 Å². The Bertz CT molecular complexity index is 667. The highest BCUT2D eigenvalue weighted by molar-refractivity contribution is 5.47. The normalized spacial score (nSPS) is 16.6. The lowest BCUT2D eigenvalue weighted by molar-refractivity contribution is -0.929. The molecule has 0 saturated carbocycles. The van der Waals surface area contributed by atoms with E-state index in [1.54, 1.807) is 26.2 Å². The van der Waals surface area contributed by atoms with Crippen LogP contribution < -0.4 is 19.1 Å². The molecule has 4 heteroatoms. The Morgan fingerprint density at radius 2 is 1.52 bits per heavy atom. The average Bonchev–Trinajstić information content (AvgIpc) is 2.61. The lowest BCUT2D eigenvalue weighted by atomic mass is 9.98. The minimum absolute atomic E-state index is 0.817. The molecule has 1 N–H and O–H groups in total. The number of quaternary nitrogens is 1. The fourth-order valence-electron chi connectivity index (χ4n) is 3.21. The highest BCUT2D eigenvalue weighted by Crippen LogP contribution is 2.31. The second-order valence-corrected chi connectivity index (χ2v) is 5.93. The molecule has 0 aliphatic carbocycles. The maximum atomic E-state index is 5.43. The molecule has 23 heavy (non-hydrogen) atoms. The van der Waals surface area contributed by atoms with Gasteiger partial charge in [0.1, 0.15) is 18.8 Å². The molecule has 3 rings (SSSR count). The van der Waals surface area contributed by atoms with E-state index < -0.39 is 0 Å². The predicted octanol–water partition coefficient (Wildman–Crippen LogP) is 1.85.